The van der Waals surface area contributed by atoms with Crippen LogP contribution in [0.4, 0.5) is 0 Å². The zero-order valence-corrected chi connectivity index (χ0v) is 20.1. The Kier molecular flexibility index (Phi) is 9.15. The molecule has 172 valence electrons. The lowest BCUT2D eigenvalue weighted by Gasteiger charge is -2.17. The van der Waals surface area contributed by atoms with Gasteiger partial charge in [0, 0.05) is 17.3 Å². The van der Waals surface area contributed by atoms with Crippen molar-refractivity contribution in [3.8, 4) is 0 Å². The molecule has 0 unspecified atom stereocenters. The fourth-order valence-electron chi connectivity index (χ4n) is 3.99. The van der Waals surface area contributed by atoms with E-state index in [2.05, 4.69) is 84.9 Å². The second kappa shape index (κ2) is 13.0. The lowest BCUT2D eigenvalue weighted by Crippen LogP contribution is -1.98. The Bertz CT molecular complexity index is 1150. The summed E-state index contributed by atoms with van der Waals surface area (Å²) in [6, 6.07) is 39.8. The molecule has 0 saturated heterocycles. The lowest BCUT2D eigenvalue weighted by atomic mass is 9.88. The van der Waals surface area contributed by atoms with Crippen molar-refractivity contribution in [2.45, 2.75) is 17.9 Å². The zero-order chi connectivity index (χ0) is 23.4. The number of hydrogen-bond donors (Lipinski definition) is 1. The van der Waals surface area contributed by atoms with Gasteiger partial charge in [-0.1, -0.05) is 103 Å². The molecule has 0 atom stereocenters. The maximum absolute atomic E-state index is 9.85. The molecule has 0 spiro atoms. The first-order valence-electron chi connectivity index (χ1n) is 11.6. The highest BCUT2D eigenvalue weighted by Gasteiger charge is 2.14. The van der Waals surface area contributed by atoms with Gasteiger partial charge in [0.25, 0.3) is 0 Å². The van der Waals surface area contributed by atoms with Gasteiger partial charge in [-0.15, -0.1) is 11.8 Å². The summed E-state index contributed by atoms with van der Waals surface area (Å²) in [5, 5.41) is 9.85. The van der Waals surface area contributed by atoms with Crippen LogP contribution in [0, 0.1) is 0 Å². The third-order valence-corrected chi connectivity index (χ3v) is 6.58. The zero-order valence-electron chi connectivity index (χ0n) is 19.3. The molecule has 1 N–H and O–H groups in total. The van der Waals surface area contributed by atoms with Crippen LogP contribution in [-0.4, -0.2) is 24.1 Å². The number of thioether (sulfide) groups is 1. The van der Waals surface area contributed by atoms with E-state index in [1.165, 1.54) is 16.0 Å². The van der Waals surface area contributed by atoms with Crippen LogP contribution in [-0.2, 0) is 11.3 Å². The van der Waals surface area contributed by atoms with Gasteiger partial charge < -0.3 is 9.84 Å². The Balaban J connectivity index is 1.50. The number of aliphatic hydroxyl groups excluding tert-OH is 1. The predicted molar refractivity (Wildman–Crippen MR) is 144 cm³/mol. The van der Waals surface area contributed by atoms with Crippen LogP contribution in [0.2, 0.25) is 0 Å². The van der Waals surface area contributed by atoms with E-state index in [0.717, 1.165) is 28.0 Å². The van der Waals surface area contributed by atoms with Crippen LogP contribution >= 0.6 is 11.8 Å². The second-order valence-electron chi connectivity index (χ2n) is 7.97. The average Bonchev–Trinajstić information content (AvgIpc) is 2.91. The van der Waals surface area contributed by atoms with Crippen molar-refractivity contribution in [1.82, 2.24) is 0 Å². The van der Waals surface area contributed by atoms with E-state index in [-0.39, 0.29) is 6.61 Å². The van der Waals surface area contributed by atoms with Gasteiger partial charge in [0.05, 0.1) is 13.2 Å². The molecule has 0 heterocycles. The Morgan fingerprint density at radius 3 is 1.82 bits per heavy atom. The maximum Gasteiger partial charge on any atom is 0.0717 e. The molecule has 0 aromatic heterocycles. The molecule has 0 radical (unpaired) electrons. The van der Waals surface area contributed by atoms with Gasteiger partial charge in [-0.05, 0) is 52.0 Å². The van der Waals surface area contributed by atoms with Gasteiger partial charge in [-0.25, -0.2) is 0 Å². The molecular formula is C31H30O2S. The minimum absolute atomic E-state index is 0.109. The summed E-state index contributed by atoms with van der Waals surface area (Å²) >= 11 is 1.81. The molecule has 2 nitrogen and oxygen atoms in total. The first-order chi connectivity index (χ1) is 16.8. The van der Waals surface area contributed by atoms with Crippen molar-refractivity contribution in [2.75, 3.05) is 19.0 Å². The number of aliphatic hydroxyl groups is 1. The minimum atomic E-state index is 0.109. The van der Waals surface area contributed by atoms with Gasteiger partial charge in [0.2, 0.25) is 0 Å². The van der Waals surface area contributed by atoms with Crippen molar-refractivity contribution >= 4 is 22.9 Å². The Morgan fingerprint density at radius 1 is 0.647 bits per heavy atom. The molecule has 0 aliphatic heterocycles. The highest BCUT2D eigenvalue weighted by Crippen LogP contribution is 2.35. The molecule has 34 heavy (non-hydrogen) atoms. The van der Waals surface area contributed by atoms with Crippen molar-refractivity contribution in [1.29, 1.82) is 0 Å². The number of benzene rings is 4. The molecule has 0 aliphatic carbocycles. The average molecular weight is 467 g/mol. The predicted octanol–water partition coefficient (Wildman–Crippen LogP) is 7.34. The number of rotatable bonds is 11. The van der Waals surface area contributed by atoms with Crippen LogP contribution in [0.1, 0.15) is 28.7 Å². The fraction of sp³-hybridized carbons (Fsp3) is 0.161. The Morgan fingerprint density at radius 2 is 1.21 bits per heavy atom. The molecular weight excluding hydrogens is 436 g/mol. The molecule has 4 rings (SSSR count). The second-order valence-corrected chi connectivity index (χ2v) is 9.14. The van der Waals surface area contributed by atoms with Gasteiger partial charge in [0.1, 0.15) is 0 Å². The largest absolute Gasteiger partial charge is 0.396 e. The summed E-state index contributed by atoms with van der Waals surface area (Å²) in [5.74, 6) is 0.910. The third-order valence-electron chi connectivity index (χ3n) is 5.60. The topological polar surface area (TPSA) is 29.5 Å². The highest BCUT2D eigenvalue weighted by molar-refractivity contribution is 7.99. The van der Waals surface area contributed by atoms with E-state index >= 15 is 0 Å². The highest BCUT2D eigenvalue weighted by atomic mass is 32.2. The normalized spacial score (nSPS) is 11.8. The summed E-state index contributed by atoms with van der Waals surface area (Å²) < 4.78 is 5.82. The molecule has 0 bridgehead atoms. The molecule has 3 heteroatoms. The van der Waals surface area contributed by atoms with Crippen molar-refractivity contribution in [3.63, 3.8) is 0 Å². The van der Waals surface area contributed by atoms with Gasteiger partial charge in [0.15, 0.2) is 0 Å². The number of hydrogen-bond acceptors (Lipinski definition) is 3. The standard InChI is InChI=1S/C31H30O2S/c32-21-20-30(26-12-6-2-7-13-26)31(27-14-8-3-9-15-27)28-16-18-29(19-17-28)34-23-22-33-24-25-10-4-1-5-11-25/h1-19,32H,20-24H2/b31-30-. The Hall–Kier alpha value is -3.11. The smallest absolute Gasteiger partial charge is 0.0717 e. The molecule has 0 amide bonds. The fourth-order valence-corrected chi connectivity index (χ4v) is 4.75. The van der Waals surface area contributed by atoms with Crippen LogP contribution in [0.5, 0.6) is 0 Å². The van der Waals surface area contributed by atoms with E-state index in [4.69, 9.17) is 4.74 Å². The lowest BCUT2D eigenvalue weighted by molar-refractivity contribution is 0.136. The molecule has 0 saturated carbocycles. The van der Waals surface area contributed by atoms with E-state index in [0.29, 0.717) is 19.6 Å². The maximum atomic E-state index is 9.85. The summed E-state index contributed by atoms with van der Waals surface area (Å²) in [5.41, 5.74) is 6.99. The van der Waals surface area contributed by atoms with Gasteiger partial charge >= 0.3 is 0 Å². The first kappa shape index (κ1) is 24.0. The quantitative estimate of drug-likeness (QED) is 0.142. The van der Waals surface area contributed by atoms with Crippen LogP contribution in [0.15, 0.2) is 120 Å². The molecule has 4 aromatic rings. The van der Waals surface area contributed by atoms with E-state index in [1.807, 2.05) is 30.3 Å². The van der Waals surface area contributed by atoms with E-state index < -0.39 is 0 Å². The van der Waals surface area contributed by atoms with Gasteiger partial charge in [-0.3, -0.25) is 0 Å². The minimum Gasteiger partial charge on any atom is -0.396 e. The van der Waals surface area contributed by atoms with Crippen molar-refractivity contribution < 1.29 is 9.84 Å². The SMILES string of the molecule is OCC/C(=C(\c1ccccc1)c1ccc(SCCOCc2ccccc2)cc1)c1ccccc1. The van der Waals surface area contributed by atoms with Crippen molar-refractivity contribution in [3.05, 3.63) is 138 Å². The summed E-state index contributed by atoms with van der Waals surface area (Å²) in [6.07, 6.45) is 0.601. The monoisotopic (exact) mass is 466 g/mol. The summed E-state index contributed by atoms with van der Waals surface area (Å²) in [6.45, 7) is 1.47. The van der Waals surface area contributed by atoms with Gasteiger partial charge in [-0.2, -0.15) is 0 Å². The van der Waals surface area contributed by atoms with Crippen molar-refractivity contribution in [2.24, 2.45) is 0 Å². The molecule has 0 aliphatic rings. The molecule has 4 aromatic carbocycles. The number of ether oxygens (including phenoxy) is 1. The van der Waals surface area contributed by atoms with E-state index in [9.17, 15) is 5.11 Å². The van der Waals surface area contributed by atoms with Crippen LogP contribution < -0.4 is 0 Å². The van der Waals surface area contributed by atoms with E-state index in [1.54, 1.807) is 11.8 Å². The first-order valence-corrected chi connectivity index (χ1v) is 12.6. The summed E-state index contributed by atoms with van der Waals surface area (Å²) in [4.78, 5) is 1.22. The van der Waals surface area contributed by atoms with Crippen LogP contribution in [0.3, 0.4) is 0 Å². The van der Waals surface area contributed by atoms with Crippen LogP contribution in [0.25, 0.3) is 11.1 Å². The Labute approximate surface area is 206 Å². The summed E-state index contributed by atoms with van der Waals surface area (Å²) in [7, 11) is 0. The molecule has 0 fully saturated rings. The third kappa shape index (κ3) is 6.71.